The standard InChI is InChI=1S/C22H22ClNO2.ClH/c1-24-12-11-17-19(23)9-10-21-22(17)18(14-24)20(26-21)8-5-13-25-15-16-6-3-2-4-7-16;/h2-10H,11-15H2,1H3;1H/b8-5+;. The second kappa shape index (κ2) is 8.94. The van der Waals surface area contributed by atoms with Crippen LogP contribution in [0, 0.1) is 0 Å². The van der Waals surface area contributed by atoms with E-state index in [9.17, 15) is 0 Å². The van der Waals surface area contributed by atoms with Crippen molar-refractivity contribution in [1.29, 1.82) is 0 Å². The van der Waals surface area contributed by atoms with E-state index in [0.717, 1.165) is 35.9 Å². The molecule has 0 atom stereocenters. The molecule has 0 radical (unpaired) electrons. The fraction of sp³-hybridized carbons (Fsp3) is 0.273. The monoisotopic (exact) mass is 403 g/mol. The highest BCUT2D eigenvalue weighted by Crippen LogP contribution is 2.36. The van der Waals surface area contributed by atoms with Crippen molar-refractivity contribution in [1.82, 2.24) is 4.90 Å². The normalized spacial score (nSPS) is 14.4. The first kappa shape index (κ1) is 20.0. The first-order valence-corrected chi connectivity index (χ1v) is 9.29. The molecule has 1 aromatic heterocycles. The fourth-order valence-corrected chi connectivity index (χ4v) is 3.73. The molecule has 1 aliphatic rings. The van der Waals surface area contributed by atoms with Crippen LogP contribution < -0.4 is 0 Å². The summed E-state index contributed by atoms with van der Waals surface area (Å²) >= 11 is 6.44. The van der Waals surface area contributed by atoms with Gasteiger partial charge in [0.2, 0.25) is 0 Å². The topological polar surface area (TPSA) is 25.6 Å². The van der Waals surface area contributed by atoms with Crippen molar-refractivity contribution in [3.8, 4) is 0 Å². The molecule has 5 heteroatoms. The SMILES string of the molecule is CN1CCc2c(Cl)ccc3oc(/C=C/COCc4ccccc4)c(c23)C1.Cl. The van der Waals surface area contributed by atoms with E-state index < -0.39 is 0 Å². The van der Waals surface area contributed by atoms with Gasteiger partial charge in [-0.25, -0.2) is 0 Å². The Morgan fingerprint density at radius 3 is 2.78 bits per heavy atom. The molecule has 0 bridgehead atoms. The Labute approximate surface area is 171 Å². The van der Waals surface area contributed by atoms with Gasteiger partial charge in [-0.15, -0.1) is 12.4 Å². The maximum absolute atomic E-state index is 6.44. The van der Waals surface area contributed by atoms with Crippen LogP contribution >= 0.6 is 24.0 Å². The lowest BCUT2D eigenvalue weighted by Gasteiger charge is -2.12. The first-order chi connectivity index (χ1) is 12.7. The third-order valence-corrected chi connectivity index (χ3v) is 5.16. The summed E-state index contributed by atoms with van der Waals surface area (Å²) in [5.74, 6) is 0.903. The lowest BCUT2D eigenvalue weighted by atomic mass is 10.0. The number of hydrogen-bond acceptors (Lipinski definition) is 3. The van der Waals surface area contributed by atoms with Crippen LogP contribution in [0.5, 0.6) is 0 Å². The van der Waals surface area contributed by atoms with Gasteiger partial charge in [-0.1, -0.05) is 48.0 Å². The number of hydrogen-bond donors (Lipinski definition) is 0. The van der Waals surface area contributed by atoms with E-state index in [4.69, 9.17) is 20.8 Å². The van der Waals surface area contributed by atoms with Crippen molar-refractivity contribution in [2.45, 2.75) is 19.6 Å². The van der Waals surface area contributed by atoms with Gasteiger partial charge in [-0.2, -0.15) is 0 Å². The summed E-state index contributed by atoms with van der Waals surface area (Å²) in [6.07, 6.45) is 4.99. The molecule has 0 saturated carbocycles. The van der Waals surface area contributed by atoms with E-state index in [1.54, 1.807) is 0 Å². The molecule has 2 heterocycles. The van der Waals surface area contributed by atoms with Crippen LogP contribution in [-0.4, -0.2) is 25.1 Å². The summed E-state index contributed by atoms with van der Waals surface area (Å²) in [4.78, 5) is 2.31. The summed E-state index contributed by atoms with van der Waals surface area (Å²) in [6.45, 7) is 3.03. The van der Waals surface area contributed by atoms with Crippen LogP contribution in [0.1, 0.15) is 22.5 Å². The van der Waals surface area contributed by atoms with Gasteiger partial charge in [0.25, 0.3) is 0 Å². The average molecular weight is 404 g/mol. The molecule has 1 aliphatic heterocycles. The number of furan rings is 1. The van der Waals surface area contributed by atoms with Crippen molar-refractivity contribution in [3.63, 3.8) is 0 Å². The van der Waals surface area contributed by atoms with Gasteiger partial charge in [0.1, 0.15) is 11.3 Å². The fourth-order valence-electron chi connectivity index (χ4n) is 3.48. The third-order valence-electron chi connectivity index (χ3n) is 4.80. The van der Waals surface area contributed by atoms with Crippen molar-refractivity contribution in [2.24, 2.45) is 0 Å². The molecule has 0 spiro atoms. The summed E-state index contributed by atoms with van der Waals surface area (Å²) in [7, 11) is 2.13. The largest absolute Gasteiger partial charge is 0.456 e. The molecule has 0 aliphatic carbocycles. The van der Waals surface area contributed by atoms with Crippen LogP contribution in [0.15, 0.2) is 53.0 Å². The van der Waals surface area contributed by atoms with Gasteiger partial charge in [0, 0.05) is 29.1 Å². The van der Waals surface area contributed by atoms with Gasteiger partial charge in [0.05, 0.1) is 13.2 Å². The molecule has 27 heavy (non-hydrogen) atoms. The molecule has 0 fully saturated rings. The maximum Gasteiger partial charge on any atom is 0.135 e. The minimum absolute atomic E-state index is 0. The zero-order valence-corrected chi connectivity index (χ0v) is 16.9. The van der Waals surface area contributed by atoms with E-state index in [-0.39, 0.29) is 12.4 Å². The number of ether oxygens (including phenoxy) is 1. The molecular weight excluding hydrogens is 381 g/mol. The molecular formula is C22H23Cl2NO2. The number of rotatable bonds is 5. The highest BCUT2D eigenvalue weighted by Gasteiger charge is 2.22. The van der Waals surface area contributed by atoms with Crippen molar-refractivity contribution in [3.05, 3.63) is 76.0 Å². The molecule has 3 nitrogen and oxygen atoms in total. The van der Waals surface area contributed by atoms with E-state index in [1.165, 1.54) is 22.1 Å². The predicted molar refractivity (Wildman–Crippen MR) is 114 cm³/mol. The Kier molecular flexibility index (Phi) is 6.61. The zero-order chi connectivity index (χ0) is 17.9. The van der Waals surface area contributed by atoms with Crippen LogP contribution in [0.3, 0.4) is 0 Å². The highest BCUT2D eigenvalue weighted by atomic mass is 35.5. The van der Waals surface area contributed by atoms with E-state index in [1.807, 2.05) is 42.5 Å². The second-order valence-electron chi connectivity index (χ2n) is 6.73. The van der Waals surface area contributed by atoms with Gasteiger partial charge >= 0.3 is 0 Å². The maximum atomic E-state index is 6.44. The van der Waals surface area contributed by atoms with Gasteiger partial charge in [-0.3, -0.25) is 0 Å². The van der Waals surface area contributed by atoms with Crippen molar-refractivity contribution in [2.75, 3.05) is 20.2 Å². The van der Waals surface area contributed by atoms with Crippen molar-refractivity contribution >= 4 is 41.1 Å². The minimum atomic E-state index is 0. The van der Waals surface area contributed by atoms with Gasteiger partial charge in [0.15, 0.2) is 0 Å². The lowest BCUT2D eigenvalue weighted by molar-refractivity contribution is 0.149. The van der Waals surface area contributed by atoms with Crippen LogP contribution in [0.25, 0.3) is 17.0 Å². The van der Waals surface area contributed by atoms with E-state index >= 15 is 0 Å². The zero-order valence-electron chi connectivity index (χ0n) is 15.3. The molecule has 0 amide bonds. The van der Waals surface area contributed by atoms with Crippen LogP contribution in [0.2, 0.25) is 5.02 Å². The molecule has 0 N–H and O–H groups in total. The van der Waals surface area contributed by atoms with Crippen LogP contribution in [0.4, 0.5) is 0 Å². The lowest BCUT2D eigenvalue weighted by Crippen LogP contribution is -2.18. The summed E-state index contributed by atoms with van der Waals surface area (Å²) < 4.78 is 11.8. The van der Waals surface area contributed by atoms with Gasteiger partial charge in [-0.05, 0) is 42.8 Å². The summed E-state index contributed by atoms with van der Waals surface area (Å²) in [6, 6.07) is 14.1. The van der Waals surface area contributed by atoms with Gasteiger partial charge < -0.3 is 14.1 Å². The minimum Gasteiger partial charge on any atom is -0.456 e. The number of nitrogens with zero attached hydrogens (tertiary/aromatic N) is 1. The van der Waals surface area contributed by atoms with Crippen LogP contribution in [-0.2, 0) is 24.3 Å². The average Bonchev–Trinajstić information content (AvgIpc) is 2.88. The second-order valence-corrected chi connectivity index (χ2v) is 7.14. The summed E-state index contributed by atoms with van der Waals surface area (Å²) in [5, 5.41) is 2.02. The Balaban J connectivity index is 0.00000210. The Morgan fingerprint density at radius 2 is 1.96 bits per heavy atom. The van der Waals surface area contributed by atoms with Crippen molar-refractivity contribution < 1.29 is 9.15 Å². The van der Waals surface area contributed by atoms with E-state index in [2.05, 4.69) is 24.1 Å². The summed E-state index contributed by atoms with van der Waals surface area (Å²) in [5.41, 5.74) is 4.51. The molecule has 0 unspecified atom stereocenters. The molecule has 3 aromatic rings. The smallest absolute Gasteiger partial charge is 0.135 e. The Morgan fingerprint density at radius 1 is 1.15 bits per heavy atom. The predicted octanol–water partition coefficient (Wildman–Crippen LogP) is 5.73. The molecule has 0 saturated heterocycles. The number of likely N-dealkylation sites (N-methyl/N-ethyl adjacent to an activating group) is 1. The Hall–Kier alpha value is -1.78. The molecule has 4 rings (SSSR count). The molecule has 2 aromatic carbocycles. The highest BCUT2D eigenvalue weighted by molar-refractivity contribution is 6.32. The number of benzene rings is 2. The Bertz CT molecular complexity index is 934. The quantitative estimate of drug-likeness (QED) is 0.508. The number of halogens is 2. The first-order valence-electron chi connectivity index (χ1n) is 8.92. The molecule has 142 valence electrons. The van der Waals surface area contributed by atoms with E-state index in [0.29, 0.717) is 13.2 Å². The third kappa shape index (κ3) is 4.39.